The molecule has 2 saturated carbocycles. The van der Waals surface area contributed by atoms with Crippen LogP contribution in [0.3, 0.4) is 0 Å². The van der Waals surface area contributed by atoms with E-state index in [2.05, 4.69) is 0 Å². The van der Waals surface area contributed by atoms with Gasteiger partial charge >= 0.3 is 0 Å². The lowest BCUT2D eigenvalue weighted by Crippen LogP contribution is -2.07. The van der Waals surface area contributed by atoms with Crippen LogP contribution in [0.25, 0.3) is 0 Å². The third-order valence-corrected chi connectivity index (χ3v) is 3.54. The summed E-state index contributed by atoms with van der Waals surface area (Å²) in [5.74, 6) is 1.93. The number of alkyl halides is 1. The highest BCUT2D eigenvalue weighted by Crippen LogP contribution is 2.46. The van der Waals surface area contributed by atoms with Gasteiger partial charge in [0.15, 0.2) is 0 Å². The molecule has 3 unspecified atom stereocenters. The minimum atomic E-state index is 0.539. The highest BCUT2D eigenvalue weighted by Gasteiger charge is 2.37. The summed E-state index contributed by atoms with van der Waals surface area (Å²) >= 11 is 6.11. The predicted molar refractivity (Wildman–Crippen MR) is 39.7 cm³/mol. The van der Waals surface area contributed by atoms with Gasteiger partial charge < -0.3 is 0 Å². The van der Waals surface area contributed by atoms with Gasteiger partial charge in [0.2, 0.25) is 0 Å². The molecule has 0 spiro atoms. The van der Waals surface area contributed by atoms with Gasteiger partial charge in [-0.2, -0.15) is 0 Å². The Hall–Kier alpha value is 0.290. The van der Waals surface area contributed by atoms with E-state index in [0.29, 0.717) is 5.38 Å². The molecule has 52 valence electrons. The lowest BCUT2D eigenvalue weighted by Gasteiger charge is -2.09. The fourth-order valence-electron chi connectivity index (χ4n) is 2.49. The first-order valence-corrected chi connectivity index (χ1v) is 4.45. The third kappa shape index (κ3) is 0.881. The summed E-state index contributed by atoms with van der Waals surface area (Å²) in [5, 5.41) is 0.539. The van der Waals surface area contributed by atoms with Crippen LogP contribution in [-0.2, 0) is 0 Å². The smallest absolute Gasteiger partial charge is 0.0367 e. The Kier molecular flexibility index (Phi) is 1.45. The Balaban J connectivity index is 2.07. The molecule has 0 aromatic heterocycles. The van der Waals surface area contributed by atoms with Crippen molar-refractivity contribution < 1.29 is 0 Å². The van der Waals surface area contributed by atoms with Crippen molar-refractivity contribution in [2.75, 3.05) is 0 Å². The summed E-state index contributed by atoms with van der Waals surface area (Å²) in [7, 11) is 0. The molecule has 2 aliphatic rings. The van der Waals surface area contributed by atoms with Gasteiger partial charge in [-0.3, -0.25) is 0 Å². The maximum Gasteiger partial charge on any atom is 0.0367 e. The van der Waals surface area contributed by atoms with Crippen molar-refractivity contribution in [1.82, 2.24) is 0 Å². The van der Waals surface area contributed by atoms with Crippen LogP contribution in [0, 0.1) is 11.8 Å². The summed E-state index contributed by atoms with van der Waals surface area (Å²) in [6, 6.07) is 0. The Morgan fingerprint density at radius 1 is 1.00 bits per heavy atom. The van der Waals surface area contributed by atoms with Crippen LogP contribution in [0.4, 0.5) is 0 Å². The number of fused-ring (bicyclic) bond motifs is 1. The largest absolute Gasteiger partial charge is 0.123 e. The van der Waals surface area contributed by atoms with Gasteiger partial charge in [-0.1, -0.05) is 12.8 Å². The lowest BCUT2D eigenvalue weighted by atomic mass is 10.0. The van der Waals surface area contributed by atoms with E-state index in [-0.39, 0.29) is 0 Å². The van der Waals surface area contributed by atoms with E-state index in [9.17, 15) is 0 Å². The first-order valence-electron chi connectivity index (χ1n) is 4.02. The predicted octanol–water partition coefficient (Wildman–Crippen LogP) is 2.80. The quantitative estimate of drug-likeness (QED) is 0.459. The van der Waals surface area contributed by atoms with E-state index in [1.807, 2.05) is 0 Å². The molecule has 2 rings (SSSR count). The molecule has 0 aromatic carbocycles. The van der Waals surface area contributed by atoms with E-state index >= 15 is 0 Å². The second-order valence-electron chi connectivity index (χ2n) is 3.45. The molecule has 0 N–H and O–H groups in total. The molecule has 0 bridgehead atoms. The van der Waals surface area contributed by atoms with E-state index in [1.165, 1.54) is 32.1 Å². The monoisotopic (exact) mass is 144 g/mol. The Labute approximate surface area is 61.6 Å². The van der Waals surface area contributed by atoms with Crippen LogP contribution in [-0.4, -0.2) is 5.38 Å². The van der Waals surface area contributed by atoms with Crippen molar-refractivity contribution in [1.29, 1.82) is 0 Å². The Bertz CT molecular complexity index is 111. The minimum absolute atomic E-state index is 0.539. The van der Waals surface area contributed by atoms with E-state index in [0.717, 1.165) is 11.8 Å². The van der Waals surface area contributed by atoms with Gasteiger partial charge in [0.05, 0.1) is 0 Å². The summed E-state index contributed by atoms with van der Waals surface area (Å²) in [6.07, 6.45) is 7.03. The zero-order valence-corrected chi connectivity index (χ0v) is 6.40. The van der Waals surface area contributed by atoms with Gasteiger partial charge in [-0.05, 0) is 31.1 Å². The molecule has 0 saturated heterocycles. The van der Waals surface area contributed by atoms with Crippen LogP contribution in [0.15, 0.2) is 0 Å². The van der Waals surface area contributed by atoms with Crippen LogP contribution in [0.1, 0.15) is 32.1 Å². The normalized spacial score (nSPS) is 49.7. The highest BCUT2D eigenvalue weighted by molar-refractivity contribution is 6.21. The molecule has 0 amide bonds. The zero-order chi connectivity index (χ0) is 6.27. The molecule has 1 heteroatoms. The third-order valence-electron chi connectivity index (χ3n) is 3.00. The second-order valence-corrected chi connectivity index (χ2v) is 4.01. The van der Waals surface area contributed by atoms with Gasteiger partial charge in [-0.25, -0.2) is 0 Å². The molecular formula is C8H13Cl. The molecule has 0 radical (unpaired) electrons. The number of hydrogen-bond donors (Lipinski definition) is 0. The SMILES string of the molecule is ClC1CCC2CCCC12. The maximum absolute atomic E-state index is 6.11. The molecule has 0 heterocycles. The average Bonchev–Trinajstić information content (AvgIpc) is 2.35. The van der Waals surface area contributed by atoms with E-state index < -0.39 is 0 Å². The summed E-state index contributed by atoms with van der Waals surface area (Å²) in [4.78, 5) is 0. The summed E-state index contributed by atoms with van der Waals surface area (Å²) < 4.78 is 0. The van der Waals surface area contributed by atoms with Crippen molar-refractivity contribution in [3.63, 3.8) is 0 Å². The molecule has 0 aromatic rings. The minimum Gasteiger partial charge on any atom is -0.123 e. The van der Waals surface area contributed by atoms with Crippen molar-refractivity contribution in [2.45, 2.75) is 37.5 Å². The van der Waals surface area contributed by atoms with E-state index in [4.69, 9.17) is 11.6 Å². The Morgan fingerprint density at radius 2 is 1.89 bits per heavy atom. The highest BCUT2D eigenvalue weighted by atomic mass is 35.5. The fraction of sp³-hybridized carbons (Fsp3) is 1.00. The Morgan fingerprint density at radius 3 is 2.67 bits per heavy atom. The van der Waals surface area contributed by atoms with Crippen LogP contribution in [0.2, 0.25) is 0 Å². The topological polar surface area (TPSA) is 0 Å². The van der Waals surface area contributed by atoms with Crippen molar-refractivity contribution in [2.24, 2.45) is 11.8 Å². The molecule has 9 heavy (non-hydrogen) atoms. The molecule has 2 aliphatic carbocycles. The molecule has 3 atom stereocenters. The van der Waals surface area contributed by atoms with Crippen LogP contribution < -0.4 is 0 Å². The zero-order valence-electron chi connectivity index (χ0n) is 5.65. The molecular weight excluding hydrogens is 132 g/mol. The van der Waals surface area contributed by atoms with Gasteiger partial charge in [0.1, 0.15) is 0 Å². The first kappa shape index (κ1) is 6.03. The summed E-state index contributed by atoms with van der Waals surface area (Å²) in [6.45, 7) is 0. The van der Waals surface area contributed by atoms with Crippen LogP contribution >= 0.6 is 11.6 Å². The van der Waals surface area contributed by atoms with Gasteiger partial charge in [0, 0.05) is 5.38 Å². The number of rotatable bonds is 0. The van der Waals surface area contributed by atoms with Gasteiger partial charge in [0.25, 0.3) is 0 Å². The van der Waals surface area contributed by atoms with E-state index in [1.54, 1.807) is 0 Å². The van der Waals surface area contributed by atoms with Crippen molar-refractivity contribution in [3.05, 3.63) is 0 Å². The number of hydrogen-bond acceptors (Lipinski definition) is 0. The molecule has 2 fully saturated rings. The summed E-state index contributed by atoms with van der Waals surface area (Å²) in [5.41, 5.74) is 0. The van der Waals surface area contributed by atoms with Gasteiger partial charge in [-0.15, -0.1) is 11.6 Å². The van der Waals surface area contributed by atoms with Crippen molar-refractivity contribution in [3.8, 4) is 0 Å². The lowest BCUT2D eigenvalue weighted by molar-refractivity contribution is 0.460. The second kappa shape index (κ2) is 2.16. The fourth-order valence-corrected chi connectivity index (χ4v) is 2.95. The first-order chi connectivity index (χ1) is 4.38. The standard InChI is InChI=1S/C8H13Cl/c9-8-5-4-6-2-1-3-7(6)8/h6-8H,1-5H2. The molecule has 0 aliphatic heterocycles. The number of halogens is 1. The molecule has 0 nitrogen and oxygen atoms in total. The van der Waals surface area contributed by atoms with Crippen LogP contribution in [0.5, 0.6) is 0 Å². The average molecular weight is 145 g/mol. The van der Waals surface area contributed by atoms with Crippen molar-refractivity contribution >= 4 is 11.6 Å². The maximum atomic E-state index is 6.11.